The molecular formula is C19H23ClN2. The highest BCUT2D eigenvalue weighted by atomic mass is 35.5. The van der Waals surface area contributed by atoms with Crippen molar-refractivity contribution in [3.05, 3.63) is 65.2 Å². The number of nitrogens with zero attached hydrogens (tertiary/aromatic N) is 2. The highest BCUT2D eigenvalue weighted by Crippen LogP contribution is 2.27. The fourth-order valence-electron chi connectivity index (χ4n) is 2.95. The Kier molecular flexibility index (Phi) is 4.70. The smallest absolute Gasteiger partial charge is 0.111 e. The quantitative estimate of drug-likeness (QED) is 0.613. The molecule has 0 radical (unpaired) electrons. The molecule has 3 heteroatoms. The first-order chi connectivity index (χ1) is 10.6. The maximum absolute atomic E-state index is 6.63. The second kappa shape index (κ2) is 6.72. The Labute approximate surface area is 138 Å². The van der Waals surface area contributed by atoms with Crippen LogP contribution in [0.5, 0.6) is 0 Å². The monoisotopic (exact) mass is 314 g/mol. The largest absolute Gasteiger partial charge is 0.369 e. The fraction of sp³-hybridized carbons (Fsp3) is 0.368. The number of benzene rings is 2. The van der Waals surface area contributed by atoms with Gasteiger partial charge in [0.2, 0.25) is 0 Å². The van der Waals surface area contributed by atoms with Gasteiger partial charge < -0.3 is 4.90 Å². The molecule has 1 heterocycles. The third-order valence-electron chi connectivity index (χ3n) is 4.57. The average molecular weight is 315 g/mol. The van der Waals surface area contributed by atoms with Crippen molar-refractivity contribution in [3.8, 4) is 0 Å². The van der Waals surface area contributed by atoms with Crippen molar-refractivity contribution in [3.63, 3.8) is 0 Å². The predicted molar refractivity (Wildman–Crippen MR) is 94.7 cm³/mol. The summed E-state index contributed by atoms with van der Waals surface area (Å²) in [6.07, 6.45) is 0. The zero-order valence-electron chi connectivity index (χ0n) is 13.3. The van der Waals surface area contributed by atoms with Crippen LogP contribution >= 0.6 is 11.6 Å². The molecule has 0 bridgehead atoms. The number of piperazine rings is 1. The van der Waals surface area contributed by atoms with Crippen LogP contribution in [0.1, 0.15) is 22.2 Å². The summed E-state index contributed by atoms with van der Waals surface area (Å²) in [4.78, 5) is 4.81. The van der Waals surface area contributed by atoms with E-state index in [1.807, 2.05) is 6.07 Å². The average Bonchev–Trinajstić information content (AvgIpc) is 2.58. The minimum atomic E-state index is -0.0249. The Morgan fingerprint density at radius 1 is 0.864 bits per heavy atom. The molecule has 1 atom stereocenters. The van der Waals surface area contributed by atoms with E-state index in [1.165, 1.54) is 22.4 Å². The van der Waals surface area contributed by atoms with Gasteiger partial charge in [-0.1, -0.05) is 36.4 Å². The van der Waals surface area contributed by atoms with Gasteiger partial charge in [-0.2, -0.15) is 0 Å². The highest BCUT2D eigenvalue weighted by molar-refractivity contribution is 6.20. The van der Waals surface area contributed by atoms with E-state index in [1.54, 1.807) is 0 Å². The molecule has 1 unspecified atom stereocenters. The normalized spacial score (nSPS) is 17.5. The lowest BCUT2D eigenvalue weighted by atomic mass is 10.1. The van der Waals surface area contributed by atoms with Crippen LogP contribution in [-0.4, -0.2) is 31.1 Å². The minimum Gasteiger partial charge on any atom is -0.369 e. The first kappa shape index (κ1) is 15.4. The standard InChI is InChI=1S/C19H23ClN2/c1-15-8-9-18(14-16(15)2)21-10-12-22(13-11-21)19(20)17-6-4-3-5-7-17/h3-9,14,19H,10-13H2,1-2H3. The zero-order chi connectivity index (χ0) is 15.5. The SMILES string of the molecule is Cc1ccc(N2CCN(C(Cl)c3ccccc3)CC2)cc1C. The molecule has 0 spiro atoms. The van der Waals surface area contributed by atoms with E-state index in [0.717, 1.165) is 26.2 Å². The van der Waals surface area contributed by atoms with Gasteiger partial charge in [0, 0.05) is 31.9 Å². The summed E-state index contributed by atoms with van der Waals surface area (Å²) >= 11 is 6.63. The topological polar surface area (TPSA) is 6.48 Å². The van der Waals surface area contributed by atoms with Gasteiger partial charge in [-0.3, -0.25) is 4.90 Å². The van der Waals surface area contributed by atoms with E-state index in [2.05, 4.69) is 66.1 Å². The number of rotatable bonds is 3. The molecule has 2 aromatic rings. The minimum absolute atomic E-state index is 0.0249. The summed E-state index contributed by atoms with van der Waals surface area (Å²) < 4.78 is 0. The Hall–Kier alpha value is -1.51. The maximum atomic E-state index is 6.63. The van der Waals surface area contributed by atoms with Gasteiger partial charge in [0.25, 0.3) is 0 Å². The van der Waals surface area contributed by atoms with Crippen LogP contribution in [0, 0.1) is 13.8 Å². The van der Waals surface area contributed by atoms with Gasteiger partial charge in [-0.05, 0) is 42.7 Å². The number of hydrogen-bond acceptors (Lipinski definition) is 2. The molecule has 1 saturated heterocycles. The Bertz CT molecular complexity index is 619. The molecule has 1 aliphatic rings. The van der Waals surface area contributed by atoms with E-state index in [9.17, 15) is 0 Å². The fourth-order valence-corrected chi connectivity index (χ4v) is 3.29. The van der Waals surface area contributed by atoms with E-state index >= 15 is 0 Å². The van der Waals surface area contributed by atoms with Gasteiger partial charge >= 0.3 is 0 Å². The van der Waals surface area contributed by atoms with Crippen LogP contribution in [-0.2, 0) is 0 Å². The lowest BCUT2D eigenvalue weighted by molar-refractivity contribution is 0.238. The predicted octanol–water partition coefficient (Wildman–Crippen LogP) is 4.36. The lowest BCUT2D eigenvalue weighted by Gasteiger charge is -2.38. The number of alkyl halides is 1. The van der Waals surface area contributed by atoms with Crippen LogP contribution in [0.2, 0.25) is 0 Å². The van der Waals surface area contributed by atoms with E-state index in [-0.39, 0.29) is 5.50 Å². The Morgan fingerprint density at radius 3 is 2.18 bits per heavy atom. The van der Waals surface area contributed by atoms with Crippen LogP contribution in [0.15, 0.2) is 48.5 Å². The molecule has 3 rings (SSSR count). The van der Waals surface area contributed by atoms with Crippen molar-refractivity contribution in [1.29, 1.82) is 0 Å². The Morgan fingerprint density at radius 2 is 1.55 bits per heavy atom. The van der Waals surface area contributed by atoms with Crippen LogP contribution in [0.25, 0.3) is 0 Å². The number of hydrogen-bond donors (Lipinski definition) is 0. The molecule has 1 fully saturated rings. The van der Waals surface area contributed by atoms with E-state index in [4.69, 9.17) is 11.6 Å². The summed E-state index contributed by atoms with van der Waals surface area (Å²) in [7, 11) is 0. The second-order valence-corrected chi connectivity index (χ2v) is 6.45. The highest BCUT2D eigenvalue weighted by Gasteiger charge is 2.23. The van der Waals surface area contributed by atoms with E-state index < -0.39 is 0 Å². The van der Waals surface area contributed by atoms with Gasteiger partial charge in [0.1, 0.15) is 5.50 Å². The summed E-state index contributed by atoms with van der Waals surface area (Å²) in [6.45, 7) is 8.39. The first-order valence-corrected chi connectivity index (χ1v) is 8.34. The zero-order valence-corrected chi connectivity index (χ0v) is 14.1. The van der Waals surface area contributed by atoms with Crippen LogP contribution in [0.3, 0.4) is 0 Å². The Balaban J connectivity index is 1.64. The maximum Gasteiger partial charge on any atom is 0.111 e. The van der Waals surface area contributed by atoms with Crippen LogP contribution < -0.4 is 4.90 Å². The third-order valence-corrected chi connectivity index (χ3v) is 5.09. The summed E-state index contributed by atoms with van der Waals surface area (Å²) in [6, 6.07) is 17.1. The molecule has 0 aromatic heterocycles. The third kappa shape index (κ3) is 3.29. The van der Waals surface area contributed by atoms with Crippen LogP contribution in [0.4, 0.5) is 5.69 Å². The molecule has 2 aromatic carbocycles. The molecule has 116 valence electrons. The van der Waals surface area contributed by atoms with E-state index in [0.29, 0.717) is 0 Å². The lowest BCUT2D eigenvalue weighted by Crippen LogP contribution is -2.46. The van der Waals surface area contributed by atoms with Gasteiger partial charge in [0.05, 0.1) is 0 Å². The second-order valence-electron chi connectivity index (χ2n) is 6.04. The number of halogens is 1. The van der Waals surface area contributed by atoms with Crippen molar-refractivity contribution >= 4 is 17.3 Å². The van der Waals surface area contributed by atoms with Gasteiger partial charge in [0.15, 0.2) is 0 Å². The molecule has 1 aliphatic heterocycles. The number of anilines is 1. The summed E-state index contributed by atoms with van der Waals surface area (Å²) in [5.74, 6) is 0. The molecule has 2 nitrogen and oxygen atoms in total. The molecular weight excluding hydrogens is 292 g/mol. The van der Waals surface area contributed by atoms with Crippen molar-refractivity contribution in [2.45, 2.75) is 19.3 Å². The molecule has 0 N–H and O–H groups in total. The number of aryl methyl sites for hydroxylation is 2. The van der Waals surface area contributed by atoms with Gasteiger partial charge in [-0.25, -0.2) is 0 Å². The summed E-state index contributed by atoms with van der Waals surface area (Å²) in [5, 5.41) is 0. The summed E-state index contributed by atoms with van der Waals surface area (Å²) in [5.41, 5.74) is 5.20. The van der Waals surface area contributed by atoms with Crippen molar-refractivity contribution in [1.82, 2.24) is 4.90 Å². The van der Waals surface area contributed by atoms with Crippen molar-refractivity contribution in [2.75, 3.05) is 31.1 Å². The van der Waals surface area contributed by atoms with Crippen molar-refractivity contribution in [2.24, 2.45) is 0 Å². The molecule has 0 amide bonds. The van der Waals surface area contributed by atoms with Crippen molar-refractivity contribution < 1.29 is 0 Å². The first-order valence-electron chi connectivity index (χ1n) is 7.90. The molecule has 0 aliphatic carbocycles. The van der Waals surface area contributed by atoms with Gasteiger partial charge in [-0.15, -0.1) is 11.6 Å². The molecule has 0 saturated carbocycles. The molecule has 22 heavy (non-hydrogen) atoms.